The first-order valence-electron chi connectivity index (χ1n) is 12.0. The summed E-state index contributed by atoms with van der Waals surface area (Å²) in [6, 6.07) is 34.1. The van der Waals surface area contributed by atoms with Gasteiger partial charge in [-0.1, -0.05) is 103 Å². The first-order valence-corrected chi connectivity index (χ1v) is 12.0. The minimum atomic E-state index is -0.739. The number of hydrogen-bond acceptors (Lipinski definition) is 2. The molecule has 0 fully saturated rings. The Morgan fingerprint density at radius 3 is 1.78 bits per heavy atom. The van der Waals surface area contributed by atoms with Gasteiger partial charge in [-0.05, 0) is 34.4 Å². The fourth-order valence-electron chi connectivity index (χ4n) is 4.12. The third-order valence-electron chi connectivity index (χ3n) is 6.05. The zero-order valence-electron chi connectivity index (χ0n) is 20.0. The maximum Gasteiger partial charge on any atom is 0.243 e. The van der Waals surface area contributed by atoms with Crippen molar-refractivity contribution in [2.45, 2.75) is 32.0 Å². The Balaban J connectivity index is 1.63. The van der Waals surface area contributed by atoms with E-state index in [0.29, 0.717) is 13.0 Å². The maximum atomic E-state index is 13.7. The molecule has 4 rings (SSSR count). The molecule has 0 radical (unpaired) electrons. The van der Waals surface area contributed by atoms with Crippen molar-refractivity contribution in [3.8, 4) is 0 Å². The van der Waals surface area contributed by atoms with Crippen LogP contribution < -0.4 is 5.32 Å². The lowest BCUT2D eigenvalue weighted by Crippen LogP contribution is -2.50. The van der Waals surface area contributed by atoms with Crippen molar-refractivity contribution in [2.75, 3.05) is 0 Å². The molecule has 5 heteroatoms. The van der Waals surface area contributed by atoms with Crippen LogP contribution in [0.2, 0.25) is 0 Å². The van der Waals surface area contributed by atoms with Crippen LogP contribution in [0.25, 0.3) is 0 Å². The lowest BCUT2D eigenvalue weighted by Gasteiger charge is -2.31. The first kappa shape index (κ1) is 24.9. The second-order valence-electron chi connectivity index (χ2n) is 8.72. The van der Waals surface area contributed by atoms with Gasteiger partial charge >= 0.3 is 0 Å². The number of nitrogens with zero attached hydrogens (tertiary/aromatic N) is 1. The molecule has 36 heavy (non-hydrogen) atoms. The van der Waals surface area contributed by atoms with Gasteiger partial charge in [-0.3, -0.25) is 9.59 Å². The van der Waals surface area contributed by atoms with Gasteiger partial charge in [0, 0.05) is 19.5 Å². The molecular weight excluding hydrogens is 451 g/mol. The third kappa shape index (κ3) is 7.12. The molecule has 0 saturated carbocycles. The fourth-order valence-corrected chi connectivity index (χ4v) is 4.12. The number of amides is 2. The Morgan fingerprint density at radius 1 is 0.667 bits per heavy atom. The number of hydrogen-bond donors (Lipinski definition) is 1. The molecule has 4 aromatic rings. The van der Waals surface area contributed by atoms with E-state index < -0.39 is 6.04 Å². The lowest BCUT2D eigenvalue weighted by atomic mass is 10.0. The molecule has 0 unspecified atom stereocenters. The topological polar surface area (TPSA) is 49.4 Å². The number of halogens is 1. The number of rotatable bonds is 10. The summed E-state index contributed by atoms with van der Waals surface area (Å²) in [5.41, 5.74) is 3.56. The monoisotopic (exact) mass is 480 g/mol. The summed E-state index contributed by atoms with van der Waals surface area (Å²) in [4.78, 5) is 28.9. The zero-order chi connectivity index (χ0) is 25.2. The van der Waals surface area contributed by atoms with Gasteiger partial charge in [-0.15, -0.1) is 0 Å². The highest BCUT2D eigenvalue weighted by Gasteiger charge is 2.30. The standard InChI is InChI=1S/C31H29FN2O2/c32-28-18-16-27(17-19-28)23-34(30(35)21-25-12-6-2-7-13-25)29(20-24-10-4-1-5-11-24)31(36)33-22-26-14-8-3-9-15-26/h1-19,29H,20-23H2,(H,33,36)/t29-/m0/s1. The predicted octanol–water partition coefficient (Wildman–Crippen LogP) is 5.32. The molecule has 4 aromatic carbocycles. The molecule has 4 nitrogen and oxygen atoms in total. The average molecular weight is 481 g/mol. The molecule has 1 atom stereocenters. The molecule has 0 aliphatic heterocycles. The minimum Gasteiger partial charge on any atom is -0.350 e. The van der Waals surface area contributed by atoms with E-state index in [1.807, 2.05) is 91.0 Å². The van der Waals surface area contributed by atoms with Gasteiger partial charge in [0.2, 0.25) is 11.8 Å². The van der Waals surface area contributed by atoms with Gasteiger partial charge in [0.15, 0.2) is 0 Å². The van der Waals surface area contributed by atoms with Crippen LogP contribution in [-0.4, -0.2) is 22.8 Å². The van der Waals surface area contributed by atoms with Gasteiger partial charge in [0.05, 0.1) is 6.42 Å². The van der Waals surface area contributed by atoms with Crippen LogP contribution in [0.3, 0.4) is 0 Å². The van der Waals surface area contributed by atoms with Gasteiger partial charge < -0.3 is 10.2 Å². The van der Waals surface area contributed by atoms with Crippen molar-refractivity contribution in [2.24, 2.45) is 0 Å². The molecule has 0 spiro atoms. The van der Waals surface area contributed by atoms with E-state index in [-0.39, 0.29) is 30.6 Å². The zero-order valence-corrected chi connectivity index (χ0v) is 20.0. The van der Waals surface area contributed by atoms with Gasteiger partial charge in [-0.2, -0.15) is 0 Å². The van der Waals surface area contributed by atoms with Crippen molar-refractivity contribution >= 4 is 11.8 Å². The van der Waals surface area contributed by atoms with Crippen molar-refractivity contribution < 1.29 is 14.0 Å². The van der Waals surface area contributed by atoms with E-state index in [4.69, 9.17) is 0 Å². The molecule has 0 heterocycles. The van der Waals surface area contributed by atoms with E-state index in [1.54, 1.807) is 17.0 Å². The summed E-state index contributed by atoms with van der Waals surface area (Å²) < 4.78 is 13.6. The summed E-state index contributed by atoms with van der Waals surface area (Å²) in [7, 11) is 0. The summed E-state index contributed by atoms with van der Waals surface area (Å²) in [5, 5.41) is 3.02. The predicted molar refractivity (Wildman–Crippen MR) is 139 cm³/mol. The molecule has 0 aliphatic carbocycles. The van der Waals surface area contributed by atoms with Crippen LogP contribution in [0, 0.1) is 5.82 Å². The van der Waals surface area contributed by atoms with Gasteiger partial charge in [0.1, 0.15) is 11.9 Å². The fraction of sp³-hybridized carbons (Fsp3) is 0.161. The molecule has 182 valence electrons. The highest BCUT2D eigenvalue weighted by Crippen LogP contribution is 2.17. The Hall–Kier alpha value is -4.25. The summed E-state index contributed by atoms with van der Waals surface area (Å²) >= 11 is 0. The second kappa shape index (κ2) is 12.5. The molecule has 2 amide bonds. The smallest absolute Gasteiger partial charge is 0.243 e. The Kier molecular flexibility index (Phi) is 8.60. The van der Waals surface area contributed by atoms with Crippen molar-refractivity contribution in [1.29, 1.82) is 0 Å². The Labute approximate surface area is 211 Å². The molecule has 1 N–H and O–H groups in total. The van der Waals surface area contributed by atoms with E-state index >= 15 is 0 Å². The largest absolute Gasteiger partial charge is 0.350 e. The second-order valence-corrected chi connectivity index (χ2v) is 8.72. The summed E-state index contributed by atoms with van der Waals surface area (Å²) in [5.74, 6) is -0.741. The normalized spacial score (nSPS) is 11.5. The van der Waals surface area contributed by atoms with Crippen LogP contribution in [0.15, 0.2) is 115 Å². The van der Waals surface area contributed by atoms with Crippen LogP contribution in [-0.2, 0) is 35.5 Å². The highest BCUT2D eigenvalue weighted by atomic mass is 19.1. The van der Waals surface area contributed by atoms with E-state index in [9.17, 15) is 14.0 Å². The van der Waals surface area contributed by atoms with Gasteiger partial charge in [0.25, 0.3) is 0 Å². The summed E-state index contributed by atoms with van der Waals surface area (Å²) in [6.45, 7) is 0.560. The number of carbonyl (C=O) groups excluding carboxylic acids is 2. The SMILES string of the molecule is O=C(NCc1ccccc1)[C@H](Cc1ccccc1)N(Cc1ccc(F)cc1)C(=O)Cc1ccccc1. The Morgan fingerprint density at radius 2 is 1.19 bits per heavy atom. The van der Waals surface area contributed by atoms with Crippen LogP contribution in [0.5, 0.6) is 0 Å². The number of nitrogens with one attached hydrogen (secondary N) is 1. The van der Waals surface area contributed by atoms with E-state index in [1.165, 1.54) is 12.1 Å². The third-order valence-corrected chi connectivity index (χ3v) is 6.05. The minimum absolute atomic E-state index is 0.165. The molecule has 0 saturated heterocycles. The molecule has 0 aromatic heterocycles. The number of carbonyl (C=O) groups is 2. The van der Waals surface area contributed by atoms with Crippen molar-refractivity contribution in [3.63, 3.8) is 0 Å². The Bertz CT molecular complexity index is 1250. The molecular formula is C31H29FN2O2. The first-order chi connectivity index (χ1) is 17.6. The van der Waals surface area contributed by atoms with Crippen LogP contribution in [0.1, 0.15) is 22.3 Å². The number of benzene rings is 4. The van der Waals surface area contributed by atoms with E-state index in [0.717, 1.165) is 22.3 Å². The quantitative estimate of drug-likeness (QED) is 0.334. The van der Waals surface area contributed by atoms with Crippen LogP contribution in [0.4, 0.5) is 4.39 Å². The lowest BCUT2D eigenvalue weighted by molar-refractivity contribution is -0.140. The van der Waals surface area contributed by atoms with Crippen LogP contribution >= 0.6 is 0 Å². The van der Waals surface area contributed by atoms with Gasteiger partial charge in [-0.25, -0.2) is 4.39 Å². The highest BCUT2D eigenvalue weighted by molar-refractivity contribution is 5.88. The van der Waals surface area contributed by atoms with E-state index in [2.05, 4.69) is 5.32 Å². The molecule has 0 aliphatic rings. The summed E-state index contributed by atoms with van der Waals surface area (Å²) in [6.07, 6.45) is 0.530. The van der Waals surface area contributed by atoms with Crippen molar-refractivity contribution in [3.05, 3.63) is 143 Å². The average Bonchev–Trinajstić information content (AvgIpc) is 2.92. The van der Waals surface area contributed by atoms with Crippen molar-refractivity contribution in [1.82, 2.24) is 10.2 Å². The maximum absolute atomic E-state index is 13.7. The molecule has 0 bridgehead atoms.